The van der Waals surface area contributed by atoms with Crippen molar-refractivity contribution in [3.05, 3.63) is 0 Å². The minimum absolute atomic E-state index is 0. The van der Waals surface area contributed by atoms with E-state index in [2.05, 4.69) is 9.47 Å². The van der Waals surface area contributed by atoms with Gasteiger partial charge in [-0.05, 0) is 41.5 Å². The molecule has 0 aliphatic rings. The molecule has 9 heteroatoms. The number of rotatable bonds is 6. The van der Waals surface area contributed by atoms with Crippen LogP contribution in [0.4, 0.5) is 0 Å². The standard InChI is InChI=1S/2C7H12O3.2C2H5O.Ti/c2*1-4-10-7(9)5(2)6(3)8;2*1-2-3;/h2*5H,4H2,1-3H3;2*2H2,1H3;/q;;2*-1;+2. The summed E-state index contributed by atoms with van der Waals surface area (Å²) in [4.78, 5) is 42.6. The van der Waals surface area contributed by atoms with Gasteiger partial charge in [0, 0.05) is 0 Å². The normalized spacial score (nSPS) is 10.4. The molecule has 8 nitrogen and oxygen atoms in total. The van der Waals surface area contributed by atoms with E-state index >= 15 is 0 Å². The molecular weight excluding hydrogens is 392 g/mol. The smallest absolute Gasteiger partial charge is 0.855 e. The van der Waals surface area contributed by atoms with Gasteiger partial charge in [0.05, 0.1) is 13.2 Å². The Bertz CT molecular complexity index is 350. The van der Waals surface area contributed by atoms with Crippen LogP contribution in [0.25, 0.3) is 0 Å². The topological polar surface area (TPSA) is 133 Å². The van der Waals surface area contributed by atoms with Crippen LogP contribution >= 0.6 is 0 Å². The van der Waals surface area contributed by atoms with E-state index in [1.54, 1.807) is 41.5 Å². The maximum atomic E-state index is 10.7. The summed E-state index contributed by atoms with van der Waals surface area (Å²) in [7, 11) is 0. The molecule has 0 N–H and O–H groups in total. The van der Waals surface area contributed by atoms with Crippen molar-refractivity contribution in [3.63, 3.8) is 0 Å². The number of ketones is 2. The first kappa shape index (κ1) is 36.8. The van der Waals surface area contributed by atoms with Gasteiger partial charge in [-0.2, -0.15) is 0 Å². The SMILES string of the molecule is CCOC(=O)C(C)C(C)=O.CCOC(=O)C(C)C(C)=O.CC[O-].CC[O-].[Ti+2]. The molecule has 2 unspecified atom stereocenters. The molecule has 27 heavy (non-hydrogen) atoms. The zero-order valence-corrected chi connectivity index (χ0v) is 19.3. The second-order valence-electron chi connectivity index (χ2n) is 4.75. The van der Waals surface area contributed by atoms with Crippen molar-refractivity contribution < 1.29 is 60.6 Å². The number of carbonyl (C=O) groups is 4. The van der Waals surface area contributed by atoms with Gasteiger partial charge in [-0.1, -0.05) is 13.8 Å². The second kappa shape index (κ2) is 27.1. The molecule has 0 saturated carbocycles. The van der Waals surface area contributed by atoms with Crippen molar-refractivity contribution in [2.45, 2.75) is 55.4 Å². The first-order chi connectivity index (χ1) is 12.0. The number of carbonyl (C=O) groups excluding carboxylic acids is 4. The molecule has 0 fully saturated rings. The monoisotopic (exact) mass is 426 g/mol. The summed E-state index contributed by atoms with van der Waals surface area (Å²) >= 11 is 0. The summed E-state index contributed by atoms with van der Waals surface area (Å²) in [5, 5.41) is 17.9. The Morgan fingerprint density at radius 2 is 0.889 bits per heavy atom. The van der Waals surface area contributed by atoms with Crippen LogP contribution in [0.3, 0.4) is 0 Å². The van der Waals surface area contributed by atoms with Crippen LogP contribution in [-0.2, 0) is 50.4 Å². The maximum Gasteiger partial charge on any atom is 2.00 e. The van der Waals surface area contributed by atoms with Crippen LogP contribution < -0.4 is 10.2 Å². The molecule has 158 valence electrons. The number of Topliss-reactive ketones (excluding diaryl/α,β-unsaturated/α-hetero) is 2. The van der Waals surface area contributed by atoms with Gasteiger partial charge in [-0.25, -0.2) is 0 Å². The molecule has 0 aromatic heterocycles. The minimum Gasteiger partial charge on any atom is -0.855 e. The van der Waals surface area contributed by atoms with Crippen molar-refractivity contribution in [2.75, 3.05) is 26.4 Å². The van der Waals surface area contributed by atoms with Crippen LogP contribution in [0.2, 0.25) is 0 Å². The molecule has 0 heterocycles. The van der Waals surface area contributed by atoms with Gasteiger partial charge in [-0.15, -0.1) is 13.2 Å². The van der Waals surface area contributed by atoms with E-state index in [-0.39, 0.29) is 46.5 Å². The molecule has 0 amide bonds. The molecule has 0 aliphatic carbocycles. The summed E-state index contributed by atoms with van der Waals surface area (Å²) in [5.74, 6) is -2.40. The van der Waals surface area contributed by atoms with Gasteiger partial charge in [0.15, 0.2) is 0 Å². The molecule has 0 spiro atoms. The first-order valence-electron chi connectivity index (χ1n) is 8.52. The largest absolute Gasteiger partial charge is 2.00 e. The van der Waals surface area contributed by atoms with E-state index in [1.165, 1.54) is 13.8 Å². The van der Waals surface area contributed by atoms with Crippen molar-refractivity contribution in [3.8, 4) is 0 Å². The van der Waals surface area contributed by atoms with Crippen LogP contribution in [-0.4, -0.2) is 49.9 Å². The fourth-order valence-electron chi connectivity index (χ4n) is 0.866. The maximum absolute atomic E-state index is 10.7. The fourth-order valence-corrected chi connectivity index (χ4v) is 0.866. The van der Waals surface area contributed by atoms with Crippen LogP contribution in [0.15, 0.2) is 0 Å². The Morgan fingerprint density at radius 3 is 1.00 bits per heavy atom. The van der Waals surface area contributed by atoms with E-state index in [1.807, 2.05) is 0 Å². The minimum atomic E-state index is -0.611. The summed E-state index contributed by atoms with van der Waals surface area (Å²) in [5.41, 5.74) is 0. The van der Waals surface area contributed by atoms with E-state index in [0.717, 1.165) is 0 Å². The van der Waals surface area contributed by atoms with Crippen molar-refractivity contribution >= 4 is 23.5 Å². The molecule has 0 bridgehead atoms. The molecular formula is C18H34O8Ti. The van der Waals surface area contributed by atoms with Crippen molar-refractivity contribution in [1.29, 1.82) is 0 Å². The Labute approximate surface area is 177 Å². The number of hydrogen-bond donors (Lipinski definition) is 0. The molecule has 2 atom stereocenters. The molecule has 0 aromatic carbocycles. The fraction of sp³-hybridized carbons (Fsp3) is 0.778. The molecule has 0 rings (SSSR count). The average molecular weight is 426 g/mol. The number of ether oxygens (including phenoxy) is 2. The number of esters is 2. The zero-order chi connectivity index (χ0) is 21.7. The van der Waals surface area contributed by atoms with Gasteiger partial charge in [0.2, 0.25) is 0 Å². The predicted molar refractivity (Wildman–Crippen MR) is 94.0 cm³/mol. The predicted octanol–water partition coefficient (Wildman–Crippen LogP) is 0.280. The molecule has 0 aliphatic heterocycles. The van der Waals surface area contributed by atoms with Gasteiger partial charge in [0.1, 0.15) is 23.4 Å². The Hall–Kier alpha value is -1.09. The average Bonchev–Trinajstić information content (AvgIpc) is 2.55. The summed E-state index contributed by atoms with van der Waals surface area (Å²) in [6.45, 7) is 13.1. The van der Waals surface area contributed by atoms with Crippen molar-refractivity contribution in [1.82, 2.24) is 0 Å². The third kappa shape index (κ3) is 29.9. The summed E-state index contributed by atoms with van der Waals surface area (Å²) in [6, 6.07) is 0. The molecule has 0 saturated heterocycles. The van der Waals surface area contributed by atoms with Crippen LogP contribution in [0.1, 0.15) is 55.4 Å². The first-order valence-corrected chi connectivity index (χ1v) is 8.52. The second-order valence-corrected chi connectivity index (χ2v) is 4.75. The summed E-state index contributed by atoms with van der Waals surface area (Å²) < 4.78 is 9.21. The van der Waals surface area contributed by atoms with Gasteiger partial charge in [0.25, 0.3) is 0 Å². The number of hydrogen-bond acceptors (Lipinski definition) is 8. The van der Waals surface area contributed by atoms with Crippen LogP contribution in [0.5, 0.6) is 0 Å². The Balaban J connectivity index is -0.0000000899. The quantitative estimate of drug-likeness (QED) is 0.336. The van der Waals surface area contributed by atoms with Crippen LogP contribution in [0, 0.1) is 11.8 Å². The summed E-state index contributed by atoms with van der Waals surface area (Å²) in [6.07, 6.45) is 0. The van der Waals surface area contributed by atoms with E-state index in [9.17, 15) is 19.2 Å². The van der Waals surface area contributed by atoms with E-state index in [0.29, 0.717) is 13.2 Å². The van der Waals surface area contributed by atoms with E-state index in [4.69, 9.17) is 10.2 Å². The zero-order valence-electron chi connectivity index (χ0n) is 17.7. The third-order valence-electron chi connectivity index (χ3n) is 2.50. The van der Waals surface area contributed by atoms with Gasteiger partial charge >= 0.3 is 33.7 Å². The Kier molecular flexibility index (Phi) is 37.0. The Morgan fingerprint density at radius 1 is 0.704 bits per heavy atom. The molecule has 0 radical (unpaired) electrons. The van der Waals surface area contributed by atoms with Crippen molar-refractivity contribution in [2.24, 2.45) is 11.8 Å². The van der Waals surface area contributed by atoms with Gasteiger partial charge in [-0.3, -0.25) is 19.2 Å². The third-order valence-corrected chi connectivity index (χ3v) is 2.50. The van der Waals surface area contributed by atoms with E-state index < -0.39 is 23.8 Å². The van der Waals surface area contributed by atoms with Gasteiger partial charge < -0.3 is 19.7 Å². The molecule has 0 aromatic rings.